The highest BCUT2D eigenvalue weighted by atomic mass is 35.5. The normalized spacial score (nSPS) is 13.6. The van der Waals surface area contributed by atoms with Crippen LogP contribution in [0.2, 0.25) is 0 Å². The lowest BCUT2D eigenvalue weighted by molar-refractivity contribution is -0.133. The molecule has 0 aromatic heterocycles. The Labute approximate surface area is 172 Å². The molecule has 0 unspecified atom stereocenters. The topological polar surface area (TPSA) is 63.7 Å². The van der Waals surface area contributed by atoms with Gasteiger partial charge in [0, 0.05) is 12.6 Å². The highest BCUT2D eigenvalue weighted by Crippen LogP contribution is 2.26. The number of hydrogen-bond donors (Lipinski definition) is 0. The minimum Gasteiger partial charge on any atom is -0.382 e. The van der Waals surface area contributed by atoms with Crippen molar-refractivity contribution < 1.29 is 17.4 Å². The van der Waals surface area contributed by atoms with Crippen LogP contribution in [0, 0.1) is 0 Å². The second kappa shape index (κ2) is 9.94. The molecule has 0 aliphatic carbocycles. The monoisotopic (exact) mass is 423 g/mol. The third kappa shape index (κ3) is 5.97. The Kier molecular flexibility index (Phi) is 7.89. The number of amides is 1. The average molecular weight is 424 g/mol. The molecule has 0 saturated heterocycles. The molecule has 0 bridgehead atoms. The second-order valence-electron chi connectivity index (χ2n) is 6.57. The van der Waals surface area contributed by atoms with Gasteiger partial charge >= 0.3 is 10.1 Å². The van der Waals surface area contributed by atoms with E-state index in [4.69, 9.17) is 15.8 Å². The summed E-state index contributed by atoms with van der Waals surface area (Å²) in [4.78, 5) is 14.8. The Morgan fingerprint density at radius 3 is 2.39 bits per heavy atom. The van der Waals surface area contributed by atoms with E-state index in [9.17, 15) is 13.2 Å². The van der Waals surface area contributed by atoms with Crippen LogP contribution >= 0.6 is 11.6 Å². The molecule has 28 heavy (non-hydrogen) atoms. The minimum absolute atomic E-state index is 0.0265. The van der Waals surface area contributed by atoms with Crippen molar-refractivity contribution in [2.24, 2.45) is 0 Å². The van der Waals surface area contributed by atoms with E-state index in [-0.39, 0.29) is 23.5 Å². The molecular weight excluding hydrogens is 398 g/mol. The molecule has 0 spiro atoms. The van der Waals surface area contributed by atoms with E-state index in [0.29, 0.717) is 6.54 Å². The van der Waals surface area contributed by atoms with E-state index < -0.39 is 15.5 Å². The third-order valence-electron chi connectivity index (χ3n) is 4.54. The van der Waals surface area contributed by atoms with Gasteiger partial charge < -0.3 is 9.08 Å². The Morgan fingerprint density at radius 1 is 1.11 bits per heavy atom. The van der Waals surface area contributed by atoms with Gasteiger partial charge in [-0.25, -0.2) is 0 Å². The first-order chi connectivity index (χ1) is 13.3. The molecule has 0 saturated carbocycles. The van der Waals surface area contributed by atoms with Crippen molar-refractivity contribution in [1.82, 2.24) is 4.90 Å². The predicted octanol–water partition coefficient (Wildman–Crippen LogP) is 4.52. The number of benzene rings is 2. The fourth-order valence-corrected chi connectivity index (χ4v) is 3.46. The van der Waals surface area contributed by atoms with Gasteiger partial charge in [-0.2, -0.15) is 8.42 Å². The van der Waals surface area contributed by atoms with Crippen molar-refractivity contribution >= 4 is 27.6 Å². The summed E-state index contributed by atoms with van der Waals surface area (Å²) < 4.78 is 28.5. The number of alkyl halides is 1. The summed E-state index contributed by atoms with van der Waals surface area (Å²) >= 11 is 6.46. The summed E-state index contributed by atoms with van der Waals surface area (Å²) in [6, 6.07) is 16.0. The van der Waals surface area contributed by atoms with Gasteiger partial charge in [-0.3, -0.25) is 4.79 Å². The van der Waals surface area contributed by atoms with Crippen LogP contribution in [0.4, 0.5) is 0 Å². The largest absolute Gasteiger partial charge is 0.382 e. The quantitative estimate of drug-likeness (QED) is 0.439. The molecule has 7 heteroatoms. The number of hydrogen-bond acceptors (Lipinski definition) is 4. The van der Waals surface area contributed by atoms with E-state index in [1.54, 1.807) is 23.1 Å². The van der Waals surface area contributed by atoms with E-state index in [1.807, 2.05) is 50.2 Å². The minimum atomic E-state index is -3.61. The lowest BCUT2D eigenvalue weighted by atomic mass is 10.1. The van der Waals surface area contributed by atoms with Crippen LogP contribution in [-0.2, 0) is 21.5 Å². The van der Waals surface area contributed by atoms with Crippen LogP contribution in [0.3, 0.4) is 0 Å². The number of rotatable bonds is 9. The predicted molar refractivity (Wildman–Crippen MR) is 112 cm³/mol. The number of carbonyl (C=O) groups is 1. The molecule has 0 aliphatic rings. The van der Waals surface area contributed by atoms with E-state index in [2.05, 4.69) is 0 Å². The fraction of sp³-hybridized carbons (Fsp3) is 0.381. The van der Waals surface area contributed by atoms with Crippen molar-refractivity contribution in [3.05, 3.63) is 65.7 Å². The highest BCUT2D eigenvalue weighted by Gasteiger charge is 2.27. The Bertz CT molecular complexity index is 886. The summed E-state index contributed by atoms with van der Waals surface area (Å²) in [5, 5.41) is -0.782. The SMILES string of the molecule is CC[C@H](C)N(Cc1cccc(OS(=O)(=O)CC)c1)C(=O)[C@@H](Cl)c1ccccc1. The Morgan fingerprint density at radius 2 is 1.79 bits per heavy atom. The summed E-state index contributed by atoms with van der Waals surface area (Å²) in [6.45, 7) is 5.80. The zero-order valence-corrected chi connectivity index (χ0v) is 17.9. The maximum absolute atomic E-state index is 13.1. The van der Waals surface area contributed by atoms with Crippen LogP contribution in [-0.4, -0.2) is 31.0 Å². The van der Waals surface area contributed by atoms with Crippen LogP contribution in [0.15, 0.2) is 54.6 Å². The van der Waals surface area contributed by atoms with Crippen molar-refractivity contribution in [2.45, 2.75) is 45.2 Å². The molecule has 2 atom stereocenters. The lowest BCUT2D eigenvalue weighted by Crippen LogP contribution is -2.39. The smallest absolute Gasteiger partial charge is 0.308 e. The van der Waals surface area contributed by atoms with Crippen LogP contribution in [0.25, 0.3) is 0 Å². The van der Waals surface area contributed by atoms with E-state index in [1.165, 1.54) is 6.92 Å². The molecule has 5 nitrogen and oxygen atoms in total. The van der Waals surface area contributed by atoms with Crippen molar-refractivity contribution in [2.75, 3.05) is 5.75 Å². The van der Waals surface area contributed by atoms with Crippen LogP contribution in [0.1, 0.15) is 43.7 Å². The Hall–Kier alpha value is -2.05. The highest BCUT2D eigenvalue weighted by molar-refractivity contribution is 7.87. The third-order valence-corrected chi connectivity index (χ3v) is 6.14. The number of halogens is 1. The van der Waals surface area contributed by atoms with Gasteiger partial charge in [0.2, 0.25) is 5.91 Å². The summed E-state index contributed by atoms with van der Waals surface area (Å²) in [7, 11) is -3.61. The van der Waals surface area contributed by atoms with Crippen LogP contribution < -0.4 is 4.18 Å². The molecule has 2 rings (SSSR count). The van der Waals surface area contributed by atoms with Crippen molar-refractivity contribution in [3.8, 4) is 5.75 Å². The second-order valence-corrected chi connectivity index (χ2v) is 8.87. The van der Waals surface area contributed by atoms with Crippen LogP contribution in [0.5, 0.6) is 5.75 Å². The molecule has 0 radical (unpaired) electrons. The Balaban J connectivity index is 2.24. The zero-order valence-electron chi connectivity index (χ0n) is 16.3. The molecule has 0 N–H and O–H groups in total. The van der Waals surface area contributed by atoms with Crippen molar-refractivity contribution in [1.29, 1.82) is 0 Å². The maximum atomic E-state index is 13.1. The first kappa shape index (κ1) is 22.2. The van der Waals surface area contributed by atoms with Gasteiger partial charge in [-0.15, -0.1) is 11.6 Å². The van der Waals surface area contributed by atoms with E-state index in [0.717, 1.165) is 17.5 Å². The summed E-state index contributed by atoms with van der Waals surface area (Å²) in [6.07, 6.45) is 0.768. The first-order valence-electron chi connectivity index (χ1n) is 9.28. The molecule has 0 heterocycles. The maximum Gasteiger partial charge on any atom is 0.308 e. The lowest BCUT2D eigenvalue weighted by Gasteiger charge is -2.30. The van der Waals surface area contributed by atoms with Crippen molar-refractivity contribution in [3.63, 3.8) is 0 Å². The first-order valence-corrected chi connectivity index (χ1v) is 11.3. The molecule has 2 aromatic carbocycles. The summed E-state index contributed by atoms with van der Waals surface area (Å²) in [5.74, 6) is -0.0595. The van der Waals surface area contributed by atoms with Gasteiger partial charge in [-0.05, 0) is 43.5 Å². The molecule has 2 aromatic rings. The van der Waals surface area contributed by atoms with Gasteiger partial charge in [0.05, 0.1) is 5.75 Å². The van der Waals surface area contributed by atoms with Gasteiger partial charge in [-0.1, -0.05) is 49.4 Å². The number of carbonyl (C=O) groups excluding carboxylic acids is 1. The van der Waals surface area contributed by atoms with E-state index >= 15 is 0 Å². The van der Waals surface area contributed by atoms with Gasteiger partial charge in [0.1, 0.15) is 11.1 Å². The summed E-state index contributed by atoms with van der Waals surface area (Å²) in [5.41, 5.74) is 1.52. The molecule has 0 fully saturated rings. The molecule has 152 valence electrons. The standard InChI is InChI=1S/C21H26ClNO4S/c1-4-16(3)23(21(24)20(22)18-11-7-6-8-12-18)15-17-10-9-13-19(14-17)27-28(25,26)5-2/h6-14,16,20H,4-5,15H2,1-3H3/t16-,20-/m0/s1. The van der Waals surface area contributed by atoms with Gasteiger partial charge in [0.15, 0.2) is 0 Å². The zero-order chi connectivity index (χ0) is 20.7. The average Bonchev–Trinajstić information content (AvgIpc) is 2.71. The molecular formula is C21H26ClNO4S. The molecule has 1 amide bonds. The van der Waals surface area contributed by atoms with Gasteiger partial charge in [0.25, 0.3) is 0 Å². The fourth-order valence-electron chi connectivity index (χ4n) is 2.68. The molecule has 0 aliphatic heterocycles. The number of nitrogens with zero attached hydrogens (tertiary/aromatic N) is 1.